The lowest BCUT2D eigenvalue weighted by Gasteiger charge is -2.21. The zero-order valence-corrected chi connectivity index (χ0v) is 17.7. The van der Waals surface area contributed by atoms with Gasteiger partial charge in [0.05, 0.1) is 12.2 Å². The van der Waals surface area contributed by atoms with Crippen molar-refractivity contribution in [2.45, 2.75) is 25.8 Å². The molecule has 1 fully saturated rings. The number of nitrogen functional groups attached to an aromatic ring is 1. The van der Waals surface area contributed by atoms with Crippen LogP contribution in [0.25, 0.3) is 6.08 Å². The van der Waals surface area contributed by atoms with Crippen molar-refractivity contribution in [3.05, 3.63) is 71.3 Å². The van der Waals surface area contributed by atoms with Crippen LogP contribution >= 0.6 is 0 Å². The largest absolute Gasteiger partial charge is 0.464 e. The highest BCUT2D eigenvalue weighted by Crippen LogP contribution is 2.20. The highest BCUT2D eigenvalue weighted by atomic mass is 16.5. The molecule has 1 amide bonds. The molecule has 0 bridgehead atoms. The number of amides is 1. The molecule has 1 aliphatic rings. The molecule has 1 atom stereocenters. The maximum Gasteiger partial charge on any atom is 0.343 e. The molecule has 1 aliphatic heterocycles. The Kier molecular flexibility index (Phi) is 7.38. The number of hydrogen-bond acceptors (Lipinski definition) is 6. The van der Waals surface area contributed by atoms with Gasteiger partial charge in [0.15, 0.2) is 0 Å². The predicted octanol–water partition coefficient (Wildman–Crippen LogP) is 2.76. The summed E-state index contributed by atoms with van der Waals surface area (Å²) in [5.41, 5.74) is 7.03. The Labute approximate surface area is 186 Å². The Hall–Kier alpha value is -3.94. The maximum atomic E-state index is 12.5. The number of rotatable bonds is 7. The van der Waals surface area contributed by atoms with E-state index in [9.17, 15) is 14.4 Å². The Balaban J connectivity index is 1.59. The summed E-state index contributed by atoms with van der Waals surface area (Å²) in [5.74, 6) is -0.868. The number of benzene rings is 2. The first-order valence-electron chi connectivity index (χ1n) is 10.3. The summed E-state index contributed by atoms with van der Waals surface area (Å²) in [6.45, 7) is 2.54. The number of carbonyl (C=O) groups excluding carboxylic acids is 3. The van der Waals surface area contributed by atoms with E-state index < -0.39 is 12.0 Å². The highest BCUT2D eigenvalue weighted by molar-refractivity contribution is 5.96. The van der Waals surface area contributed by atoms with Crippen molar-refractivity contribution in [3.63, 3.8) is 0 Å². The number of nitrogens with one attached hydrogen (secondary N) is 1. The normalized spacial score (nSPS) is 15.5. The van der Waals surface area contributed by atoms with E-state index in [2.05, 4.69) is 0 Å². The molecule has 0 unspecified atom stereocenters. The number of ether oxygens (including phenoxy) is 2. The molecule has 2 aromatic rings. The van der Waals surface area contributed by atoms with Crippen molar-refractivity contribution in [2.75, 3.05) is 13.2 Å². The van der Waals surface area contributed by atoms with Gasteiger partial charge in [-0.05, 0) is 67.8 Å². The molecule has 1 heterocycles. The summed E-state index contributed by atoms with van der Waals surface area (Å²) in [5, 5.41) is 7.38. The van der Waals surface area contributed by atoms with Gasteiger partial charge in [-0.15, -0.1) is 0 Å². The summed E-state index contributed by atoms with van der Waals surface area (Å²) < 4.78 is 10.4. The standard InChI is InChI=1S/C24H25N3O5/c1-2-31-24(30)20-4-3-15-27(20)21(28)14-7-16-5-8-18(9-6-16)23(29)32-19-12-10-17(11-13-19)22(25)26/h5-14,20H,2-4,15H2,1H3,(H3,25,26)/b14-7+/t20-/m1/s1. The summed E-state index contributed by atoms with van der Waals surface area (Å²) in [6.07, 6.45) is 4.42. The van der Waals surface area contributed by atoms with Crippen LogP contribution in [-0.2, 0) is 14.3 Å². The molecule has 8 nitrogen and oxygen atoms in total. The van der Waals surface area contributed by atoms with Crippen molar-refractivity contribution in [1.82, 2.24) is 4.90 Å². The fourth-order valence-corrected chi connectivity index (χ4v) is 3.38. The molecule has 0 saturated carbocycles. The number of likely N-dealkylation sites (tertiary alicyclic amines) is 1. The Morgan fingerprint density at radius 1 is 1.09 bits per heavy atom. The average molecular weight is 435 g/mol. The van der Waals surface area contributed by atoms with Crippen molar-refractivity contribution < 1.29 is 23.9 Å². The van der Waals surface area contributed by atoms with Gasteiger partial charge in [0.2, 0.25) is 5.91 Å². The van der Waals surface area contributed by atoms with Crippen molar-refractivity contribution in [1.29, 1.82) is 5.41 Å². The number of amidine groups is 1. The molecular formula is C24H25N3O5. The Morgan fingerprint density at radius 3 is 2.38 bits per heavy atom. The van der Waals surface area contributed by atoms with Crippen LogP contribution < -0.4 is 10.5 Å². The number of carbonyl (C=O) groups is 3. The summed E-state index contributed by atoms with van der Waals surface area (Å²) in [7, 11) is 0. The molecule has 0 aliphatic carbocycles. The molecule has 8 heteroatoms. The zero-order chi connectivity index (χ0) is 23.1. The van der Waals surface area contributed by atoms with E-state index >= 15 is 0 Å². The summed E-state index contributed by atoms with van der Waals surface area (Å²) in [4.78, 5) is 38.4. The molecule has 3 N–H and O–H groups in total. The van der Waals surface area contributed by atoms with Gasteiger partial charge in [0.1, 0.15) is 17.6 Å². The Morgan fingerprint density at radius 2 is 1.75 bits per heavy atom. The second-order valence-corrected chi connectivity index (χ2v) is 7.22. The number of nitrogens with two attached hydrogens (primary N) is 1. The van der Waals surface area contributed by atoms with E-state index in [1.165, 1.54) is 11.0 Å². The van der Waals surface area contributed by atoms with Gasteiger partial charge in [-0.3, -0.25) is 10.2 Å². The van der Waals surface area contributed by atoms with Gasteiger partial charge in [-0.2, -0.15) is 0 Å². The van der Waals surface area contributed by atoms with Gasteiger partial charge in [0.25, 0.3) is 0 Å². The number of hydrogen-bond donors (Lipinski definition) is 2. The van der Waals surface area contributed by atoms with Crippen LogP contribution in [0.2, 0.25) is 0 Å². The van der Waals surface area contributed by atoms with Crippen molar-refractivity contribution in [2.24, 2.45) is 5.73 Å². The van der Waals surface area contributed by atoms with E-state index in [0.29, 0.717) is 29.8 Å². The van der Waals surface area contributed by atoms with E-state index in [-0.39, 0.29) is 24.3 Å². The smallest absolute Gasteiger partial charge is 0.343 e. The molecule has 0 aromatic heterocycles. The van der Waals surface area contributed by atoms with Gasteiger partial charge in [0, 0.05) is 18.2 Å². The maximum absolute atomic E-state index is 12.5. The first kappa shape index (κ1) is 22.7. The van der Waals surface area contributed by atoms with Crippen LogP contribution in [0.1, 0.15) is 41.3 Å². The minimum atomic E-state index is -0.534. The quantitative estimate of drug-likeness (QED) is 0.227. The Bertz CT molecular complexity index is 1030. The average Bonchev–Trinajstić information content (AvgIpc) is 3.28. The molecule has 0 spiro atoms. The van der Waals surface area contributed by atoms with Crippen LogP contribution in [0.4, 0.5) is 0 Å². The summed E-state index contributed by atoms with van der Waals surface area (Å²) in [6, 6.07) is 12.4. The van der Waals surface area contributed by atoms with Crippen LogP contribution in [-0.4, -0.2) is 47.8 Å². The second kappa shape index (κ2) is 10.4. The molecule has 32 heavy (non-hydrogen) atoms. The monoisotopic (exact) mass is 435 g/mol. The second-order valence-electron chi connectivity index (χ2n) is 7.22. The van der Waals surface area contributed by atoms with E-state index in [1.807, 2.05) is 0 Å². The molecule has 2 aromatic carbocycles. The van der Waals surface area contributed by atoms with Crippen LogP contribution in [0.5, 0.6) is 5.75 Å². The first-order chi connectivity index (χ1) is 15.4. The topological polar surface area (TPSA) is 123 Å². The minimum absolute atomic E-state index is 0.0638. The lowest BCUT2D eigenvalue weighted by molar-refractivity contribution is -0.151. The van der Waals surface area contributed by atoms with Crippen LogP contribution in [0.3, 0.4) is 0 Å². The first-order valence-corrected chi connectivity index (χ1v) is 10.3. The van der Waals surface area contributed by atoms with Gasteiger partial charge in [-0.1, -0.05) is 12.1 Å². The third kappa shape index (κ3) is 5.60. The van der Waals surface area contributed by atoms with Crippen LogP contribution in [0, 0.1) is 5.41 Å². The van der Waals surface area contributed by atoms with Gasteiger partial charge in [-0.25, -0.2) is 9.59 Å². The third-order valence-electron chi connectivity index (χ3n) is 5.04. The minimum Gasteiger partial charge on any atom is -0.464 e. The van der Waals surface area contributed by atoms with Crippen molar-refractivity contribution in [3.8, 4) is 5.75 Å². The third-order valence-corrected chi connectivity index (χ3v) is 5.04. The van der Waals surface area contributed by atoms with Gasteiger partial charge >= 0.3 is 11.9 Å². The number of nitrogens with zero attached hydrogens (tertiary/aromatic N) is 1. The van der Waals surface area contributed by atoms with E-state index in [4.69, 9.17) is 20.6 Å². The zero-order valence-electron chi connectivity index (χ0n) is 17.7. The van der Waals surface area contributed by atoms with E-state index in [1.54, 1.807) is 61.5 Å². The lowest BCUT2D eigenvalue weighted by atomic mass is 10.1. The molecular weight excluding hydrogens is 410 g/mol. The van der Waals surface area contributed by atoms with Gasteiger partial charge < -0.3 is 20.1 Å². The fourth-order valence-electron chi connectivity index (χ4n) is 3.38. The molecule has 166 valence electrons. The summed E-state index contributed by atoms with van der Waals surface area (Å²) >= 11 is 0. The molecule has 1 saturated heterocycles. The highest BCUT2D eigenvalue weighted by Gasteiger charge is 2.34. The molecule has 3 rings (SSSR count). The van der Waals surface area contributed by atoms with E-state index in [0.717, 1.165) is 12.0 Å². The number of esters is 2. The predicted molar refractivity (Wildman–Crippen MR) is 119 cm³/mol. The molecule has 0 radical (unpaired) electrons. The fraction of sp³-hybridized carbons (Fsp3) is 0.250. The van der Waals surface area contributed by atoms with Crippen LogP contribution in [0.15, 0.2) is 54.6 Å². The van der Waals surface area contributed by atoms with Crippen molar-refractivity contribution >= 4 is 29.8 Å². The lowest BCUT2D eigenvalue weighted by Crippen LogP contribution is -2.40. The SMILES string of the molecule is CCOC(=O)[C@H]1CCCN1C(=O)/C=C/c1ccc(C(=O)Oc2ccc(C(=N)N)cc2)cc1.